The topological polar surface area (TPSA) is 8.17 Å². The molecule has 7 aromatic carbocycles. The van der Waals surface area contributed by atoms with E-state index >= 15 is 0 Å². The summed E-state index contributed by atoms with van der Waals surface area (Å²) in [7, 11) is 0. The molecule has 236 valence electrons. The maximum absolute atomic E-state index is 2.78. The lowest BCUT2D eigenvalue weighted by Gasteiger charge is -2.46. The van der Waals surface area contributed by atoms with E-state index in [-0.39, 0.29) is 18.8 Å². The first-order valence-electron chi connectivity index (χ1n) is 18.0. The molecule has 3 heteroatoms. The van der Waals surface area contributed by atoms with Crippen LogP contribution in [0.3, 0.4) is 0 Å². The van der Waals surface area contributed by atoms with E-state index in [1.54, 1.807) is 0 Å². The minimum atomic E-state index is 0.193. The van der Waals surface area contributed by atoms with Crippen LogP contribution in [0.5, 0.6) is 0 Å². The Morgan fingerprint density at radius 3 is 1.86 bits per heavy atom. The van der Waals surface area contributed by atoms with Crippen molar-refractivity contribution in [3.63, 3.8) is 0 Å². The quantitative estimate of drug-likeness (QED) is 0.174. The van der Waals surface area contributed by atoms with Crippen LogP contribution in [0.2, 0.25) is 0 Å². The van der Waals surface area contributed by atoms with Crippen molar-refractivity contribution in [1.29, 1.82) is 0 Å². The zero-order valence-electron chi connectivity index (χ0n) is 27.9. The summed E-state index contributed by atoms with van der Waals surface area (Å²) in [5.41, 5.74) is 19.9. The van der Waals surface area contributed by atoms with Gasteiger partial charge in [-0.2, -0.15) is 0 Å². The van der Waals surface area contributed by atoms with Crippen LogP contribution in [0.25, 0.3) is 60.9 Å². The number of benzene rings is 7. The molecule has 0 N–H and O–H groups in total. The van der Waals surface area contributed by atoms with Crippen molar-refractivity contribution in [3.05, 3.63) is 193 Å². The number of para-hydroxylation sites is 2. The molecule has 2 unspecified atom stereocenters. The highest BCUT2D eigenvalue weighted by molar-refractivity contribution is 6.91. The monoisotopic (exact) mass is 646 g/mol. The highest BCUT2D eigenvalue weighted by atomic mass is 15.2. The first-order valence-corrected chi connectivity index (χ1v) is 18.0. The van der Waals surface area contributed by atoms with Crippen LogP contribution in [-0.2, 0) is 0 Å². The molecular weight excluding hydrogens is 615 g/mol. The molecule has 0 radical (unpaired) electrons. The van der Waals surface area contributed by atoms with Crippen LogP contribution < -0.4 is 15.7 Å². The third-order valence-electron chi connectivity index (χ3n) is 11.9. The molecule has 4 heterocycles. The summed E-state index contributed by atoms with van der Waals surface area (Å²) in [6, 6.07) is 61.1. The van der Waals surface area contributed by atoms with Gasteiger partial charge in [0.15, 0.2) is 0 Å². The maximum atomic E-state index is 2.78. The minimum Gasteiger partial charge on any atom is -0.398 e. The van der Waals surface area contributed by atoms with E-state index in [4.69, 9.17) is 0 Å². The van der Waals surface area contributed by atoms with Gasteiger partial charge < -0.3 is 9.38 Å². The number of anilines is 1. The molecule has 8 aromatic rings. The average molecular weight is 647 g/mol. The van der Waals surface area contributed by atoms with E-state index in [0.29, 0.717) is 0 Å². The summed E-state index contributed by atoms with van der Waals surface area (Å²) in [6.07, 6.45) is 5.07. The summed E-state index contributed by atoms with van der Waals surface area (Å²) < 4.78 is 2.40. The van der Waals surface area contributed by atoms with E-state index in [1.807, 2.05) is 0 Å². The smallest absolute Gasteiger partial charge is 0.325 e. The highest BCUT2D eigenvalue weighted by Gasteiger charge is 2.54. The molecule has 0 fully saturated rings. The Bertz CT molecular complexity index is 2770. The van der Waals surface area contributed by atoms with E-state index in [0.717, 1.165) is 0 Å². The van der Waals surface area contributed by atoms with Crippen LogP contribution in [0.4, 0.5) is 5.69 Å². The Balaban J connectivity index is 1.07. The predicted molar refractivity (Wildman–Crippen MR) is 215 cm³/mol. The zero-order chi connectivity index (χ0) is 33.2. The van der Waals surface area contributed by atoms with Gasteiger partial charge in [0.05, 0.1) is 17.1 Å². The van der Waals surface area contributed by atoms with Gasteiger partial charge in [0.2, 0.25) is 0 Å². The molecule has 2 nitrogen and oxygen atoms in total. The highest BCUT2D eigenvalue weighted by Crippen LogP contribution is 2.57. The molecule has 1 aliphatic carbocycles. The second-order valence-electron chi connectivity index (χ2n) is 14.4. The van der Waals surface area contributed by atoms with Gasteiger partial charge in [-0.25, -0.2) is 0 Å². The minimum absolute atomic E-state index is 0.193. The molecule has 0 bridgehead atoms. The summed E-state index contributed by atoms with van der Waals surface area (Å²) in [5.74, 6) is 0.236. The van der Waals surface area contributed by atoms with Gasteiger partial charge in [0.25, 0.3) is 0 Å². The van der Waals surface area contributed by atoms with Gasteiger partial charge >= 0.3 is 6.85 Å². The molecule has 3 aliphatic heterocycles. The summed E-state index contributed by atoms with van der Waals surface area (Å²) in [6.45, 7) is 0.193. The average Bonchev–Trinajstić information content (AvgIpc) is 3.72. The lowest BCUT2D eigenvalue weighted by Crippen LogP contribution is -2.65. The van der Waals surface area contributed by atoms with Gasteiger partial charge in [-0.3, -0.25) is 0 Å². The summed E-state index contributed by atoms with van der Waals surface area (Å²) in [4.78, 5) is 2.78. The van der Waals surface area contributed by atoms with E-state index in [1.165, 1.54) is 94.2 Å². The van der Waals surface area contributed by atoms with Crippen molar-refractivity contribution in [2.75, 3.05) is 4.81 Å². The third kappa shape index (κ3) is 3.68. The Kier molecular flexibility index (Phi) is 5.46. The third-order valence-corrected chi connectivity index (χ3v) is 11.9. The molecule has 0 spiro atoms. The lowest BCUT2D eigenvalue weighted by molar-refractivity contribution is 0.778. The van der Waals surface area contributed by atoms with Crippen molar-refractivity contribution >= 4 is 56.4 Å². The number of fused-ring (bicyclic) bond motifs is 10. The van der Waals surface area contributed by atoms with Crippen molar-refractivity contribution in [1.82, 2.24) is 4.57 Å². The van der Waals surface area contributed by atoms with Gasteiger partial charge in [-0.15, -0.1) is 0 Å². The lowest BCUT2D eigenvalue weighted by atomic mass is 9.42. The fraction of sp³-hybridized carbons (Fsp3) is 0.0417. The number of hydrogen-bond donors (Lipinski definition) is 0. The molecule has 1 aromatic heterocycles. The van der Waals surface area contributed by atoms with Crippen LogP contribution in [0, 0.1) is 0 Å². The standard InChI is InChI=1S/C48H31BN2/c1-2-12-30(13-3-1)32-26-39-35-14-4-8-18-43(35)49-44-19-9-5-15-36(44)40-27-33(29-42-41(28-32)47(39)51(49)48(40)42)31-22-24-34(25-23-31)50-45-20-10-6-16-37(45)38-17-7-11-21-46(38)50/h1-29,42,48H. The van der Waals surface area contributed by atoms with Gasteiger partial charge in [0, 0.05) is 33.6 Å². The second-order valence-corrected chi connectivity index (χ2v) is 14.4. The Hall–Kier alpha value is -6.32. The fourth-order valence-corrected chi connectivity index (χ4v) is 9.86. The zero-order valence-corrected chi connectivity index (χ0v) is 27.9. The van der Waals surface area contributed by atoms with Crippen LogP contribution in [-0.4, -0.2) is 17.5 Å². The number of rotatable bonds is 3. The molecule has 0 amide bonds. The Morgan fingerprint density at radius 1 is 0.490 bits per heavy atom. The van der Waals surface area contributed by atoms with Gasteiger partial charge in [0.1, 0.15) is 0 Å². The van der Waals surface area contributed by atoms with Crippen LogP contribution in [0.1, 0.15) is 22.6 Å². The van der Waals surface area contributed by atoms with Crippen LogP contribution in [0.15, 0.2) is 176 Å². The van der Waals surface area contributed by atoms with E-state index < -0.39 is 0 Å². The molecule has 0 saturated carbocycles. The molecule has 12 rings (SSSR count). The summed E-state index contributed by atoms with van der Waals surface area (Å²) in [5, 5.41) is 2.57. The number of allylic oxidation sites excluding steroid dienone is 2. The van der Waals surface area contributed by atoms with Crippen molar-refractivity contribution in [2.45, 2.75) is 12.0 Å². The number of aromatic nitrogens is 1. The number of hydrogen-bond acceptors (Lipinski definition) is 1. The van der Waals surface area contributed by atoms with Gasteiger partial charge in [-0.05, 0) is 97.9 Å². The molecule has 4 aliphatic rings. The Morgan fingerprint density at radius 2 is 1.12 bits per heavy atom. The second kappa shape index (κ2) is 10.1. The maximum Gasteiger partial charge on any atom is 0.325 e. The fourth-order valence-electron chi connectivity index (χ4n) is 9.86. The Labute approximate surface area is 297 Å². The predicted octanol–water partition coefficient (Wildman–Crippen LogP) is 10.0. The normalized spacial score (nSPS) is 17.6. The van der Waals surface area contributed by atoms with E-state index in [2.05, 4.69) is 185 Å². The van der Waals surface area contributed by atoms with Crippen molar-refractivity contribution in [3.8, 4) is 27.9 Å². The SMILES string of the molecule is C1=C(c2ccc(-n3c4ccccc4c4ccccc43)cc2)C=C2c3ccccc3B3c4ccccc4-c4cc(-c5ccccc5)cc5c4N3C2C15. The molecule has 2 atom stereocenters. The van der Waals surface area contributed by atoms with Crippen molar-refractivity contribution < 1.29 is 0 Å². The largest absolute Gasteiger partial charge is 0.398 e. The molecule has 0 saturated heterocycles. The summed E-state index contributed by atoms with van der Waals surface area (Å²) >= 11 is 0. The van der Waals surface area contributed by atoms with Crippen LogP contribution >= 0.6 is 0 Å². The molecule has 51 heavy (non-hydrogen) atoms. The van der Waals surface area contributed by atoms with Crippen molar-refractivity contribution in [2.24, 2.45) is 0 Å². The first kappa shape index (κ1) is 27.5. The number of nitrogens with zero attached hydrogens (tertiary/aromatic N) is 2. The van der Waals surface area contributed by atoms with Gasteiger partial charge in [-0.1, -0.05) is 133 Å². The molecular formula is C48H31BN2. The van der Waals surface area contributed by atoms with E-state index in [9.17, 15) is 0 Å². The first-order chi connectivity index (χ1) is 25.3.